The zero-order chi connectivity index (χ0) is 13.2. The van der Waals surface area contributed by atoms with E-state index in [4.69, 9.17) is 5.11 Å². The molecule has 1 atom stereocenters. The Hall–Kier alpha value is -1.74. The lowest BCUT2D eigenvalue weighted by Crippen LogP contribution is -2.18. The van der Waals surface area contributed by atoms with E-state index in [1.807, 2.05) is 6.07 Å². The maximum Gasteiger partial charge on any atom is 0.335 e. The molecule has 2 nitrogen and oxygen atoms in total. The van der Waals surface area contributed by atoms with Crippen LogP contribution in [-0.2, 0) is 6.42 Å². The molecule has 0 aliphatic heterocycles. The fraction of sp³-hybridized carbons (Fsp3) is 0.188. The van der Waals surface area contributed by atoms with Crippen LogP contribution in [0.1, 0.15) is 27.4 Å². The summed E-state index contributed by atoms with van der Waals surface area (Å²) in [4.78, 5) is 11.9. The molecule has 0 fully saturated rings. The highest BCUT2D eigenvalue weighted by molar-refractivity contribution is 7.99. The van der Waals surface area contributed by atoms with Gasteiger partial charge in [-0.1, -0.05) is 30.3 Å². The van der Waals surface area contributed by atoms with Gasteiger partial charge in [0.05, 0.1) is 5.56 Å². The molecular weight excluding hydrogens is 256 g/mol. The first-order chi connectivity index (χ1) is 9.24. The van der Waals surface area contributed by atoms with Gasteiger partial charge in [-0.05, 0) is 41.7 Å². The summed E-state index contributed by atoms with van der Waals surface area (Å²) in [6.45, 7) is 0. The molecule has 19 heavy (non-hydrogen) atoms. The third-order valence-corrected chi connectivity index (χ3v) is 4.65. The van der Waals surface area contributed by atoms with Gasteiger partial charge < -0.3 is 5.11 Å². The molecule has 1 N–H and O–H groups in total. The van der Waals surface area contributed by atoms with Gasteiger partial charge >= 0.3 is 5.97 Å². The van der Waals surface area contributed by atoms with Crippen LogP contribution in [0.5, 0.6) is 0 Å². The Balaban J connectivity index is 1.65. The first kappa shape index (κ1) is 12.3. The molecule has 3 rings (SSSR count). The van der Waals surface area contributed by atoms with Crippen molar-refractivity contribution < 1.29 is 9.90 Å². The number of hydrogen-bond acceptors (Lipinski definition) is 2. The molecule has 0 amide bonds. The monoisotopic (exact) mass is 270 g/mol. The summed E-state index contributed by atoms with van der Waals surface area (Å²) >= 11 is 1.74. The molecule has 1 aliphatic carbocycles. The molecule has 0 aromatic heterocycles. The van der Waals surface area contributed by atoms with Gasteiger partial charge in [-0.3, -0.25) is 0 Å². The molecular formula is C16H14O2S. The third-order valence-electron chi connectivity index (χ3n) is 3.49. The van der Waals surface area contributed by atoms with Crippen molar-refractivity contribution in [1.29, 1.82) is 0 Å². The second-order valence-electron chi connectivity index (χ2n) is 4.74. The Morgan fingerprint density at radius 1 is 1.21 bits per heavy atom. The molecule has 2 aromatic rings. The molecule has 0 heterocycles. The maximum absolute atomic E-state index is 10.9. The van der Waals surface area contributed by atoms with Crippen LogP contribution in [0.15, 0.2) is 53.4 Å². The standard InChI is InChI=1S/C16H14O2S/c17-16(18)12-5-3-6-14(9-12)19-10-13-8-11-4-1-2-7-15(11)13/h1-7,9,13H,8,10H2,(H,17,18). The summed E-state index contributed by atoms with van der Waals surface area (Å²) in [6.07, 6.45) is 1.14. The van der Waals surface area contributed by atoms with Crippen molar-refractivity contribution in [3.05, 3.63) is 65.2 Å². The SMILES string of the molecule is O=C(O)c1cccc(SCC2Cc3ccccc32)c1. The van der Waals surface area contributed by atoms with Gasteiger partial charge in [-0.15, -0.1) is 11.8 Å². The normalized spacial score (nSPS) is 16.5. The highest BCUT2D eigenvalue weighted by atomic mass is 32.2. The minimum atomic E-state index is -0.864. The topological polar surface area (TPSA) is 37.3 Å². The zero-order valence-corrected chi connectivity index (χ0v) is 11.2. The Morgan fingerprint density at radius 3 is 2.84 bits per heavy atom. The molecule has 1 aliphatic rings. The molecule has 0 saturated carbocycles. The van der Waals surface area contributed by atoms with Crippen LogP contribution in [0.2, 0.25) is 0 Å². The predicted molar refractivity (Wildman–Crippen MR) is 77.0 cm³/mol. The van der Waals surface area contributed by atoms with E-state index in [2.05, 4.69) is 24.3 Å². The van der Waals surface area contributed by atoms with E-state index in [0.29, 0.717) is 11.5 Å². The molecule has 3 heteroatoms. The molecule has 0 saturated heterocycles. The second kappa shape index (κ2) is 5.10. The molecule has 96 valence electrons. The average Bonchev–Trinajstić information content (AvgIpc) is 2.40. The van der Waals surface area contributed by atoms with E-state index in [0.717, 1.165) is 17.1 Å². The van der Waals surface area contributed by atoms with Gasteiger partial charge in [0.15, 0.2) is 0 Å². The van der Waals surface area contributed by atoms with E-state index >= 15 is 0 Å². The summed E-state index contributed by atoms with van der Waals surface area (Å²) in [5.74, 6) is 0.756. The van der Waals surface area contributed by atoms with Crippen molar-refractivity contribution in [2.75, 3.05) is 5.75 Å². The third kappa shape index (κ3) is 2.51. The van der Waals surface area contributed by atoms with Crippen LogP contribution in [0.4, 0.5) is 0 Å². The second-order valence-corrected chi connectivity index (χ2v) is 5.84. The summed E-state index contributed by atoms with van der Waals surface area (Å²) in [5, 5.41) is 8.96. The van der Waals surface area contributed by atoms with Gasteiger partial charge in [0.25, 0.3) is 0 Å². The number of carbonyl (C=O) groups is 1. The van der Waals surface area contributed by atoms with E-state index in [1.165, 1.54) is 11.1 Å². The maximum atomic E-state index is 10.9. The quantitative estimate of drug-likeness (QED) is 0.858. The highest BCUT2D eigenvalue weighted by Gasteiger charge is 2.25. The first-order valence-corrected chi connectivity index (χ1v) is 7.26. The predicted octanol–water partition coefficient (Wildman–Crippen LogP) is 3.82. The molecule has 1 unspecified atom stereocenters. The number of aromatic carboxylic acids is 1. The van der Waals surface area contributed by atoms with Gasteiger partial charge in [0, 0.05) is 10.6 Å². The Kier molecular flexibility index (Phi) is 3.30. The smallest absolute Gasteiger partial charge is 0.335 e. The van der Waals surface area contributed by atoms with E-state index in [9.17, 15) is 4.79 Å². The van der Waals surface area contributed by atoms with Gasteiger partial charge in [0.2, 0.25) is 0 Å². The van der Waals surface area contributed by atoms with Crippen LogP contribution in [0, 0.1) is 0 Å². The molecule has 0 spiro atoms. The van der Waals surface area contributed by atoms with E-state index in [1.54, 1.807) is 30.0 Å². The number of hydrogen-bond donors (Lipinski definition) is 1. The fourth-order valence-electron chi connectivity index (χ4n) is 2.43. The average molecular weight is 270 g/mol. The van der Waals surface area contributed by atoms with E-state index in [-0.39, 0.29) is 0 Å². The number of carboxylic acid groups (broad SMARTS) is 1. The summed E-state index contributed by atoms with van der Waals surface area (Å²) < 4.78 is 0. The van der Waals surface area contributed by atoms with Crippen LogP contribution >= 0.6 is 11.8 Å². The van der Waals surface area contributed by atoms with Crippen LogP contribution in [0.25, 0.3) is 0 Å². The summed E-state index contributed by atoms with van der Waals surface area (Å²) in [5.41, 5.74) is 3.26. The van der Waals surface area contributed by atoms with Crippen LogP contribution in [-0.4, -0.2) is 16.8 Å². The molecule has 2 aromatic carbocycles. The van der Waals surface area contributed by atoms with Gasteiger partial charge in [0.1, 0.15) is 0 Å². The van der Waals surface area contributed by atoms with Gasteiger partial charge in [-0.25, -0.2) is 4.79 Å². The highest BCUT2D eigenvalue weighted by Crippen LogP contribution is 2.38. The summed E-state index contributed by atoms with van der Waals surface area (Å²) in [7, 11) is 0. The number of benzene rings is 2. The zero-order valence-electron chi connectivity index (χ0n) is 10.4. The lowest BCUT2D eigenvalue weighted by Gasteiger charge is -2.29. The minimum Gasteiger partial charge on any atom is -0.478 e. The molecule has 0 radical (unpaired) electrons. The number of thioether (sulfide) groups is 1. The van der Waals surface area contributed by atoms with Crippen molar-refractivity contribution in [3.8, 4) is 0 Å². The van der Waals surface area contributed by atoms with Crippen LogP contribution < -0.4 is 0 Å². The number of carboxylic acids is 1. The Morgan fingerprint density at radius 2 is 2.05 bits per heavy atom. The van der Waals surface area contributed by atoms with Crippen molar-refractivity contribution in [3.63, 3.8) is 0 Å². The Labute approximate surface area is 116 Å². The first-order valence-electron chi connectivity index (χ1n) is 6.28. The lowest BCUT2D eigenvalue weighted by atomic mass is 9.79. The summed E-state index contributed by atoms with van der Waals surface area (Å²) in [6, 6.07) is 15.7. The largest absolute Gasteiger partial charge is 0.478 e. The molecule has 0 bridgehead atoms. The number of fused-ring (bicyclic) bond motifs is 1. The van der Waals surface area contributed by atoms with E-state index < -0.39 is 5.97 Å². The van der Waals surface area contributed by atoms with Crippen molar-refractivity contribution in [2.45, 2.75) is 17.2 Å². The van der Waals surface area contributed by atoms with Crippen LogP contribution in [0.3, 0.4) is 0 Å². The van der Waals surface area contributed by atoms with Crippen molar-refractivity contribution >= 4 is 17.7 Å². The van der Waals surface area contributed by atoms with Crippen molar-refractivity contribution in [1.82, 2.24) is 0 Å². The minimum absolute atomic E-state index is 0.360. The Bertz CT molecular complexity index is 622. The number of rotatable bonds is 4. The van der Waals surface area contributed by atoms with Crippen molar-refractivity contribution in [2.24, 2.45) is 0 Å². The fourth-order valence-corrected chi connectivity index (χ4v) is 3.50. The van der Waals surface area contributed by atoms with Gasteiger partial charge in [-0.2, -0.15) is 0 Å². The lowest BCUT2D eigenvalue weighted by molar-refractivity contribution is 0.0696.